The van der Waals surface area contributed by atoms with Gasteiger partial charge in [-0.15, -0.1) is 0 Å². The van der Waals surface area contributed by atoms with Crippen LogP contribution in [0.15, 0.2) is 48.5 Å². The van der Waals surface area contributed by atoms with Crippen molar-refractivity contribution in [2.45, 2.75) is 45.4 Å². The van der Waals surface area contributed by atoms with E-state index in [1.165, 1.54) is 0 Å². The average Bonchev–Trinajstić information content (AvgIpc) is 3.22. The molecule has 2 amide bonds. The lowest BCUT2D eigenvalue weighted by Gasteiger charge is -2.25. The summed E-state index contributed by atoms with van der Waals surface area (Å²) in [5.41, 5.74) is 2.26. The zero-order chi connectivity index (χ0) is 24.0. The second-order valence-corrected chi connectivity index (χ2v) is 9.40. The van der Waals surface area contributed by atoms with Gasteiger partial charge < -0.3 is 19.3 Å². The Bertz CT molecular complexity index is 957. The smallest absolute Gasteiger partial charge is 0.412 e. The van der Waals surface area contributed by atoms with Crippen LogP contribution in [0.4, 0.5) is 26.7 Å². The van der Waals surface area contributed by atoms with Crippen molar-refractivity contribution < 1.29 is 19.1 Å². The van der Waals surface area contributed by atoms with Gasteiger partial charge in [0, 0.05) is 24.8 Å². The van der Waals surface area contributed by atoms with Gasteiger partial charge in [-0.3, -0.25) is 10.6 Å². The highest BCUT2D eigenvalue weighted by Gasteiger charge is 2.27. The van der Waals surface area contributed by atoms with E-state index in [4.69, 9.17) is 9.47 Å². The van der Waals surface area contributed by atoms with Crippen molar-refractivity contribution in [2.24, 2.45) is 0 Å². The van der Waals surface area contributed by atoms with Gasteiger partial charge in [-0.25, -0.2) is 9.59 Å². The molecule has 178 valence electrons. The summed E-state index contributed by atoms with van der Waals surface area (Å²) < 4.78 is 10.7. The number of amides is 2. The average molecular weight is 455 g/mol. The number of nitrogens with one attached hydrogen (secondary N) is 2. The fraction of sp³-hybridized carbons (Fsp3) is 0.440. The highest BCUT2D eigenvalue weighted by atomic mass is 16.6. The number of hydrogen-bond acceptors (Lipinski definition) is 6. The lowest BCUT2D eigenvalue weighted by atomic mass is 10.2. The molecule has 1 saturated heterocycles. The maximum Gasteiger partial charge on any atom is 0.412 e. The van der Waals surface area contributed by atoms with E-state index in [1.807, 2.05) is 63.2 Å². The minimum absolute atomic E-state index is 0.174. The van der Waals surface area contributed by atoms with Crippen molar-refractivity contribution in [2.75, 3.05) is 42.7 Å². The van der Waals surface area contributed by atoms with E-state index in [1.54, 1.807) is 6.07 Å². The summed E-state index contributed by atoms with van der Waals surface area (Å²) in [6, 6.07) is 15.3. The van der Waals surface area contributed by atoms with Crippen molar-refractivity contribution in [3.8, 4) is 0 Å². The third-order valence-electron chi connectivity index (χ3n) is 5.33. The van der Waals surface area contributed by atoms with E-state index in [2.05, 4.69) is 34.5 Å². The number of rotatable bonds is 6. The molecule has 0 radical (unpaired) electrons. The topological polar surface area (TPSA) is 83.1 Å². The molecule has 1 heterocycles. The first-order valence-electron chi connectivity index (χ1n) is 11.1. The van der Waals surface area contributed by atoms with Crippen LogP contribution in [0.2, 0.25) is 0 Å². The Labute approximate surface area is 195 Å². The molecule has 8 heteroatoms. The maximum atomic E-state index is 12.5. The molecule has 0 spiro atoms. The van der Waals surface area contributed by atoms with Gasteiger partial charge in [0.15, 0.2) is 0 Å². The molecular weight excluding hydrogens is 420 g/mol. The summed E-state index contributed by atoms with van der Waals surface area (Å²) in [6.45, 7) is 7.34. The number of benzene rings is 2. The molecule has 0 saturated carbocycles. The van der Waals surface area contributed by atoms with E-state index >= 15 is 0 Å². The highest BCUT2D eigenvalue weighted by Crippen LogP contribution is 2.33. The predicted molar refractivity (Wildman–Crippen MR) is 131 cm³/mol. The van der Waals surface area contributed by atoms with E-state index in [0.29, 0.717) is 17.4 Å². The van der Waals surface area contributed by atoms with E-state index < -0.39 is 17.8 Å². The third-order valence-corrected chi connectivity index (χ3v) is 5.33. The van der Waals surface area contributed by atoms with Crippen molar-refractivity contribution in [1.29, 1.82) is 0 Å². The lowest BCUT2D eigenvalue weighted by Crippen LogP contribution is -2.32. The van der Waals surface area contributed by atoms with E-state index in [-0.39, 0.29) is 6.61 Å². The summed E-state index contributed by atoms with van der Waals surface area (Å²) in [5.74, 6) is 0. The van der Waals surface area contributed by atoms with Crippen LogP contribution < -0.4 is 15.5 Å². The summed E-state index contributed by atoms with van der Waals surface area (Å²) in [6.07, 6.45) is -0.0791. The van der Waals surface area contributed by atoms with E-state index in [9.17, 15) is 9.59 Å². The Morgan fingerprint density at radius 1 is 1.06 bits per heavy atom. The van der Waals surface area contributed by atoms with Crippen LogP contribution in [0.5, 0.6) is 0 Å². The van der Waals surface area contributed by atoms with Crippen molar-refractivity contribution in [3.63, 3.8) is 0 Å². The molecule has 3 rings (SSSR count). The molecule has 0 aliphatic carbocycles. The molecule has 1 aliphatic rings. The molecule has 1 unspecified atom stereocenters. The van der Waals surface area contributed by atoms with Crippen molar-refractivity contribution in [1.82, 2.24) is 4.90 Å². The van der Waals surface area contributed by atoms with Gasteiger partial charge in [-0.1, -0.05) is 30.3 Å². The van der Waals surface area contributed by atoms with Gasteiger partial charge in [0.25, 0.3) is 0 Å². The first kappa shape index (κ1) is 24.4. The molecule has 0 aromatic heterocycles. The second-order valence-electron chi connectivity index (χ2n) is 9.40. The standard InChI is InChI=1S/C25H34N4O4/c1-25(2,3)33-24(31)27-21-15-19(26-23(30)32-17-18-9-7-6-8-10-18)11-12-22(21)29-14-13-20(16-29)28(4)5/h6-12,15,20H,13-14,16-17H2,1-5H3,(H,26,30)(H,27,31). The number of carbonyl (C=O) groups excluding carboxylic acids is 2. The quantitative estimate of drug-likeness (QED) is 0.645. The molecule has 2 aromatic carbocycles. The summed E-state index contributed by atoms with van der Waals surface area (Å²) in [7, 11) is 4.14. The fourth-order valence-corrected chi connectivity index (χ4v) is 3.66. The zero-order valence-corrected chi connectivity index (χ0v) is 20.1. The van der Waals surface area contributed by atoms with Crippen LogP contribution in [0.1, 0.15) is 32.8 Å². The van der Waals surface area contributed by atoms with Crippen LogP contribution >= 0.6 is 0 Å². The molecule has 2 N–H and O–H groups in total. The SMILES string of the molecule is CN(C)C1CCN(c2ccc(NC(=O)OCc3ccccc3)cc2NC(=O)OC(C)(C)C)C1. The molecule has 2 aromatic rings. The first-order valence-corrected chi connectivity index (χ1v) is 11.1. The van der Waals surface area contributed by atoms with Gasteiger partial charge in [0.05, 0.1) is 11.4 Å². The molecule has 0 bridgehead atoms. The molecule has 1 atom stereocenters. The van der Waals surface area contributed by atoms with Crippen LogP contribution in [-0.4, -0.2) is 55.9 Å². The second kappa shape index (κ2) is 10.6. The minimum Gasteiger partial charge on any atom is -0.444 e. The van der Waals surface area contributed by atoms with Gasteiger partial charge in [-0.2, -0.15) is 0 Å². The Hall–Kier alpha value is -3.26. The maximum absolute atomic E-state index is 12.5. The number of ether oxygens (including phenoxy) is 2. The molecule has 1 aliphatic heterocycles. The van der Waals surface area contributed by atoms with Gasteiger partial charge in [0.2, 0.25) is 0 Å². The van der Waals surface area contributed by atoms with Crippen LogP contribution in [0, 0.1) is 0 Å². The molecule has 1 fully saturated rings. The van der Waals surface area contributed by atoms with Crippen molar-refractivity contribution >= 4 is 29.2 Å². The van der Waals surface area contributed by atoms with Gasteiger partial charge >= 0.3 is 12.2 Å². The lowest BCUT2D eigenvalue weighted by molar-refractivity contribution is 0.0636. The normalized spacial score (nSPS) is 15.9. The summed E-state index contributed by atoms with van der Waals surface area (Å²) in [4.78, 5) is 29.2. The Balaban J connectivity index is 1.73. The van der Waals surface area contributed by atoms with Crippen LogP contribution in [0.3, 0.4) is 0 Å². The fourth-order valence-electron chi connectivity index (χ4n) is 3.66. The van der Waals surface area contributed by atoms with Crippen LogP contribution in [-0.2, 0) is 16.1 Å². The molecule has 33 heavy (non-hydrogen) atoms. The predicted octanol–water partition coefficient (Wildman–Crippen LogP) is 4.92. The zero-order valence-electron chi connectivity index (χ0n) is 20.1. The number of anilines is 3. The largest absolute Gasteiger partial charge is 0.444 e. The Kier molecular flexibility index (Phi) is 7.81. The Morgan fingerprint density at radius 2 is 1.79 bits per heavy atom. The minimum atomic E-state index is -0.620. The number of nitrogens with zero attached hydrogens (tertiary/aromatic N) is 2. The number of carbonyl (C=O) groups is 2. The molecule has 8 nitrogen and oxygen atoms in total. The third kappa shape index (κ3) is 7.39. The molecular formula is C25H34N4O4. The van der Waals surface area contributed by atoms with E-state index in [0.717, 1.165) is 30.8 Å². The summed E-state index contributed by atoms with van der Waals surface area (Å²) >= 11 is 0. The van der Waals surface area contributed by atoms with Gasteiger partial charge in [-0.05, 0) is 65.0 Å². The van der Waals surface area contributed by atoms with Crippen molar-refractivity contribution in [3.05, 3.63) is 54.1 Å². The Morgan fingerprint density at radius 3 is 2.42 bits per heavy atom. The summed E-state index contributed by atoms with van der Waals surface area (Å²) in [5, 5.41) is 5.59. The number of likely N-dealkylation sites (N-methyl/N-ethyl adjacent to an activating group) is 1. The van der Waals surface area contributed by atoms with Crippen LogP contribution in [0.25, 0.3) is 0 Å². The number of hydrogen-bond donors (Lipinski definition) is 2. The first-order chi connectivity index (χ1) is 15.6. The monoisotopic (exact) mass is 454 g/mol. The van der Waals surface area contributed by atoms with Gasteiger partial charge in [0.1, 0.15) is 12.2 Å². The highest BCUT2D eigenvalue weighted by molar-refractivity contribution is 5.93.